The molecule has 0 bridgehead atoms. The summed E-state index contributed by atoms with van der Waals surface area (Å²) in [4.78, 5) is 30.1. The van der Waals surface area contributed by atoms with Gasteiger partial charge in [-0.1, -0.05) is 32.8 Å². The van der Waals surface area contributed by atoms with Gasteiger partial charge in [-0.15, -0.1) is 0 Å². The molecule has 2 fully saturated rings. The van der Waals surface area contributed by atoms with Crippen LogP contribution in [0, 0.1) is 12.3 Å². The monoisotopic (exact) mass is 610 g/mol. The van der Waals surface area contributed by atoms with Gasteiger partial charge in [0.15, 0.2) is 0 Å². The molecule has 2 aliphatic rings. The highest BCUT2D eigenvalue weighted by atomic mass is 32.1. The second-order valence-corrected chi connectivity index (χ2v) is 13.1. The molecular weight excluding hydrogens is 560 g/mol. The molecule has 0 radical (unpaired) electrons. The van der Waals surface area contributed by atoms with Crippen LogP contribution in [0.25, 0.3) is 11.0 Å². The normalized spacial score (nSPS) is 18.3. The summed E-state index contributed by atoms with van der Waals surface area (Å²) in [7, 11) is 0. The molecule has 5 rings (SSSR count). The molecule has 3 aromatic heterocycles. The predicted octanol–water partition coefficient (Wildman–Crippen LogP) is 5.93. The highest BCUT2D eigenvalue weighted by Crippen LogP contribution is 2.34. The number of aliphatic hydroxyl groups excluding tert-OH is 2. The van der Waals surface area contributed by atoms with Gasteiger partial charge in [0.1, 0.15) is 11.5 Å². The predicted molar refractivity (Wildman–Crippen MR) is 178 cm³/mol. The first-order chi connectivity index (χ1) is 20.5. The molecule has 0 aromatic carbocycles. The van der Waals surface area contributed by atoms with Crippen molar-refractivity contribution in [2.45, 2.75) is 104 Å². The first-order valence-corrected chi connectivity index (χ1v) is 16.6. The van der Waals surface area contributed by atoms with E-state index in [-0.39, 0.29) is 23.1 Å². The molecule has 9 nitrogen and oxygen atoms in total. The Morgan fingerprint density at radius 1 is 1.05 bits per heavy atom. The maximum absolute atomic E-state index is 13.5. The van der Waals surface area contributed by atoms with E-state index >= 15 is 0 Å². The molecule has 1 aliphatic heterocycles. The summed E-state index contributed by atoms with van der Waals surface area (Å²) in [6.07, 6.45) is 11.3. The Bertz CT molecular complexity index is 1410. The maximum atomic E-state index is 13.5. The van der Waals surface area contributed by atoms with Crippen LogP contribution in [0.2, 0.25) is 0 Å². The van der Waals surface area contributed by atoms with Crippen LogP contribution >= 0.6 is 12.6 Å². The largest absolute Gasteiger partial charge is 0.393 e. The van der Waals surface area contributed by atoms with E-state index in [9.17, 15) is 15.0 Å². The average molecular weight is 611 g/mol. The summed E-state index contributed by atoms with van der Waals surface area (Å²) in [6, 6.07) is 4.20. The lowest BCUT2D eigenvalue weighted by atomic mass is 9.84. The van der Waals surface area contributed by atoms with Gasteiger partial charge < -0.3 is 20.4 Å². The topological polar surface area (TPSA) is 116 Å². The summed E-state index contributed by atoms with van der Waals surface area (Å²) in [6.45, 7) is 13.0. The lowest BCUT2D eigenvalue weighted by molar-refractivity contribution is 0.0854. The van der Waals surface area contributed by atoms with Gasteiger partial charge >= 0.3 is 0 Å². The summed E-state index contributed by atoms with van der Waals surface area (Å²) in [5.41, 5.74) is 2.98. The van der Waals surface area contributed by atoms with Crippen LogP contribution in [0.3, 0.4) is 0 Å². The van der Waals surface area contributed by atoms with Crippen molar-refractivity contribution in [1.82, 2.24) is 24.4 Å². The number of hydrogen-bond acceptors (Lipinski definition) is 9. The number of anilines is 2. The second kappa shape index (κ2) is 14.5. The minimum Gasteiger partial charge on any atom is -0.393 e. The molecule has 0 spiro atoms. The molecule has 1 aliphatic carbocycles. The molecule has 10 heteroatoms. The Morgan fingerprint density at radius 3 is 2.30 bits per heavy atom. The summed E-state index contributed by atoms with van der Waals surface area (Å²) in [5, 5.41) is 24.2. The van der Waals surface area contributed by atoms with E-state index in [2.05, 4.69) is 52.7 Å². The number of piperidine rings is 1. The SMILES string of the molecule is CS.Cc1c(C(C)O)c(=O)n(C2CCCC2)c2nc(Nc3ccc(C4CCN(CC(C)(C)CC(C)O)CC4)cn3)ncc12. The third-order valence-corrected chi connectivity index (χ3v) is 8.95. The van der Waals surface area contributed by atoms with E-state index < -0.39 is 6.10 Å². The van der Waals surface area contributed by atoms with Gasteiger partial charge in [0.2, 0.25) is 5.95 Å². The van der Waals surface area contributed by atoms with Crippen molar-refractivity contribution in [1.29, 1.82) is 0 Å². The van der Waals surface area contributed by atoms with Crippen molar-refractivity contribution in [2.75, 3.05) is 31.2 Å². The minimum absolute atomic E-state index is 0.0824. The van der Waals surface area contributed by atoms with E-state index in [4.69, 9.17) is 4.98 Å². The number of fused-ring (bicyclic) bond motifs is 1. The highest BCUT2D eigenvalue weighted by Gasteiger charge is 2.28. The third kappa shape index (κ3) is 7.95. The van der Waals surface area contributed by atoms with Gasteiger partial charge in [-0.25, -0.2) is 9.97 Å². The molecule has 0 amide bonds. The van der Waals surface area contributed by atoms with Gasteiger partial charge in [-0.2, -0.15) is 17.6 Å². The summed E-state index contributed by atoms with van der Waals surface area (Å²) < 4.78 is 1.79. The van der Waals surface area contributed by atoms with E-state index in [1.165, 1.54) is 5.56 Å². The number of likely N-dealkylation sites (tertiary alicyclic amines) is 1. The zero-order valence-electron chi connectivity index (χ0n) is 26.7. The van der Waals surface area contributed by atoms with E-state index in [0.29, 0.717) is 28.9 Å². The second-order valence-electron chi connectivity index (χ2n) is 13.1. The number of nitrogens with zero attached hydrogens (tertiary/aromatic N) is 5. The van der Waals surface area contributed by atoms with Crippen molar-refractivity contribution >= 4 is 35.4 Å². The van der Waals surface area contributed by atoms with Crippen LogP contribution in [-0.2, 0) is 0 Å². The quantitative estimate of drug-likeness (QED) is 0.220. The molecule has 3 aromatic rings. The molecule has 236 valence electrons. The average Bonchev–Trinajstić information content (AvgIpc) is 3.48. The molecular formula is C33H50N6O3S. The lowest BCUT2D eigenvalue weighted by Crippen LogP contribution is -2.40. The standard InChI is InChI=1S/C32H46N6O3.CH4S/c1-20(39)16-32(4,5)19-37-14-12-23(13-15-37)24-10-11-27(33-17-24)35-31-34-18-26-21(2)28(22(3)40)30(41)38(29(26)36-31)25-8-6-7-9-25;1-2/h10-11,17-18,20,22-23,25,39-40H,6-9,12-16,19H2,1-5H3,(H,33,34,35,36);2H,1H3. The molecule has 1 saturated carbocycles. The lowest BCUT2D eigenvalue weighted by Gasteiger charge is -2.38. The Morgan fingerprint density at radius 2 is 1.72 bits per heavy atom. The third-order valence-electron chi connectivity index (χ3n) is 8.95. The molecule has 4 heterocycles. The number of aryl methyl sites for hydroxylation is 1. The fourth-order valence-electron chi connectivity index (χ4n) is 7.14. The van der Waals surface area contributed by atoms with Crippen LogP contribution < -0.4 is 10.9 Å². The van der Waals surface area contributed by atoms with E-state index in [0.717, 1.165) is 75.5 Å². The summed E-state index contributed by atoms with van der Waals surface area (Å²) in [5.74, 6) is 1.55. The van der Waals surface area contributed by atoms with Gasteiger partial charge in [-0.05, 0) is 101 Å². The number of hydrogen-bond donors (Lipinski definition) is 4. The number of thiol groups is 1. The van der Waals surface area contributed by atoms with Crippen LogP contribution in [0.5, 0.6) is 0 Å². The van der Waals surface area contributed by atoms with E-state index in [1.807, 2.05) is 26.1 Å². The number of aliphatic hydroxyl groups is 2. The highest BCUT2D eigenvalue weighted by molar-refractivity contribution is 7.79. The Labute approximate surface area is 261 Å². The van der Waals surface area contributed by atoms with Crippen molar-refractivity contribution in [3.63, 3.8) is 0 Å². The Hall–Kier alpha value is -2.53. The fourth-order valence-corrected chi connectivity index (χ4v) is 7.14. The number of pyridine rings is 2. The van der Waals surface area contributed by atoms with Crippen molar-refractivity contribution in [2.24, 2.45) is 5.41 Å². The molecule has 43 heavy (non-hydrogen) atoms. The van der Waals surface area contributed by atoms with Crippen LogP contribution in [-0.4, -0.2) is 66.6 Å². The first kappa shape index (κ1) is 33.4. The van der Waals surface area contributed by atoms with Gasteiger partial charge in [-0.3, -0.25) is 9.36 Å². The molecule has 2 unspecified atom stereocenters. The molecule has 1 saturated heterocycles. The fraction of sp³-hybridized carbons (Fsp3) is 0.636. The molecule has 2 atom stereocenters. The van der Waals surface area contributed by atoms with Crippen molar-refractivity contribution in [3.05, 3.63) is 51.6 Å². The van der Waals surface area contributed by atoms with Gasteiger partial charge in [0, 0.05) is 35.9 Å². The maximum Gasteiger partial charge on any atom is 0.258 e. The number of nitrogens with one attached hydrogen (secondary N) is 1. The zero-order chi connectivity index (χ0) is 31.3. The Balaban J connectivity index is 0.00000207. The van der Waals surface area contributed by atoms with Crippen LogP contribution in [0.15, 0.2) is 29.3 Å². The van der Waals surface area contributed by atoms with Crippen molar-refractivity contribution < 1.29 is 10.2 Å². The number of rotatable bonds is 9. The van der Waals surface area contributed by atoms with Gasteiger partial charge in [0.25, 0.3) is 5.56 Å². The smallest absolute Gasteiger partial charge is 0.258 e. The summed E-state index contributed by atoms with van der Waals surface area (Å²) >= 11 is 3.53. The van der Waals surface area contributed by atoms with Gasteiger partial charge in [0.05, 0.1) is 12.2 Å². The van der Waals surface area contributed by atoms with Crippen molar-refractivity contribution in [3.8, 4) is 0 Å². The number of aromatic nitrogens is 4. The molecule has 3 N–H and O–H groups in total. The van der Waals surface area contributed by atoms with E-state index in [1.54, 1.807) is 23.9 Å². The minimum atomic E-state index is -0.853. The van der Waals surface area contributed by atoms with Crippen LogP contribution in [0.1, 0.15) is 107 Å². The van der Waals surface area contributed by atoms with Crippen LogP contribution in [0.4, 0.5) is 11.8 Å². The first-order valence-electron chi connectivity index (χ1n) is 15.7. The Kier molecular flexibility index (Phi) is 11.3. The zero-order valence-corrected chi connectivity index (χ0v) is 27.6.